The highest BCUT2D eigenvalue weighted by Gasteiger charge is 2.13. The van der Waals surface area contributed by atoms with E-state index >= 15 is 0 Å². The summed E-state index contributed by atoms with van der Waals surface area (Å²) in [5.41, 5.74) is 1.09. The smallest absolute Gasteiger partial charge is 0.248 e. The van der Waals surface area contributed by atoms with Gasteiger partial charge in [-0.25, -0.2) is 0 Å². The van der Waals surface area contributed by atoms with Gasteiger partial charge in [-0.1, -0.05) is 41.4 Å². The topological polar surface area (TPSA) is 81.9 Å². The van der Waals surface area contributed by atoms with Crippen molar-refractivity contribution in [2.45, 2.75) is 6.54 Å². The number of hydrogen-bond acceptors (Lipinski definition) is 5. The summed E-state index contributed by atoms with van der Waals surface area (Å²) < 4.78 is 5.16. The molecule has 1 amide bonds. The van der Waals surface area contributed by atoms with E-state index in [1.54, 1.807) is 31.4 Å². The molecule has 0 saturated carbocycles. The van der Waals surface area contributed by atoms with Gasteiger partial charge in [0.25, 0.3) is 0 Å². The van der Waals surface area contributed by atoms with Gasteiger partial charge in [-0.05, 0) is 29.5 Å². The number of ether oxygens (including phenoxy) is 1. The number of halogens is 2. The second-order valence-electron chi connectivity index (χ2n) is 5.02. The Kier molecular flexibility index (Phi) is 5.16. The summed E-state index contributed by atoms with van der Waals surface area (Å²) in [5, 5.41) is 15.4. The Morgan fingerprint density at radius 2 is 1.92 bits per heavy atom. The molecule has 0 fully saturated rings. The third-order valence-corrected chi connectivity index (χ3v) is 3.92. The van der Waals surface area contributed by atoms with Crippen LogP contribution < -0.4 is 10.1 Å². The van der Waals surface area contributed by atoms with Crippen molar-refractivity contribution in [3.63, 3.8) is 0 Å². The van der Waals surface area contributed by atoms with Gasteiger partial charge in [0.05, 0.1) is 22.8 Å². The van der Waals surface area contributed by atoms with E-state index in [1.165, 1.54) is 4.80 Å². The van der Waals surface area contributed by atoms with Gasteiger partial charge < -0.3 is 10.1 Å². The maximum absolute atomic E-state index is 12.2. The van der Waals surface area contributed by atoms with Crippen molar-refractivity contribution >= 4 is 34.8 Å². The van der Waals surface area contributed by atoms with Crippen molar-refractivity contribution in [2.24, 2.45) is 0 Å². The lowest BCUT2D eigenvalue weighted by atomic mass is 10.2. The van der Waals surface area contributed by atoms with Crippen LogP contribution in [0.4, 0.5) is 5.69 Å². The summed E-state index contributed by atoms with van der Waals surface area (Å²) in [7, 11) is 1.58. The summed E-state index contributed by atoms with van der Waals surface area (Å²) >= 11 is 12.1. The van der Waals surface area contributed by atoms with Crippen molar-refractivity contribution in [2.75, 3.05) is 12.4 Å². The fourth-order valence-electron chi connectivity index (χ4n) is 2.11. The van der Waals surface area contributed by atoms with E-state index in [2.05, 4.69) is 20.7 Å². The minimum Gasteiger partial charge on any atom is -0.497 e. The van der Waals surface area contributed by atoms with Crippen LogP contribution in [-0.2, 0) is 11.3 Å². The second kappa shape index (κ2) is 7.50. The van der Waals surface area contributed by atoms with Crippen molar-refractivity contribution in [1.29, 1.82) is 0 Å². The van der Waals surface area contributed by atoms with Crippen LogP contribution in [0.5, 0.6) is 5.75 Å². The fourth-order valence-corrected chi connectivity index (χ4v) is 2.60. The first-order valence-corrected chi connectivity index (χ1v) is 7.98. The number of aromatic nitrogens is 4. The van der Waals surface area contributed by atoms with E-state index in [4.69, 9.17) is 27.9 Å². The molecule has 3 rings (SSSR count). The lowest BCUT2D eigenvalue weighted by Gasteiger charge is -2.08. The van der Waals surface area contributed by atoms with E-state index in [0.717, 1.165) is 5.56 Å². The van der Waals surface area contributed by atoms with E-state index in [1.807, 2.05) is 18.2 Å². The Morgan fingerprint density at radius 3 is 2.64 bits per heavy atom. The molecule has 128 valence electrons. The number of nitrogens with one attached hydrogen (secondary N) is 1. The molecule has 0 saturated heterocycles. The van der Waals surface area contributed by atoms with Gasteiger partial charge >= 0.3 is 0 Å². The number of carbonyl (C=O) groups is 1. The monoisotopic (exact) mass is 377 g/mol. The lowest BCUT2D eigenvalue weighted by molar-refractivity contribution is -0.117. The summed E-state index contributed by atoms with van der Waals surface area (Å²) in [6.45, 7) is -0.126. The first-order valence-electron chi connectivity index (χ1n) is 7.23. The quantitative estimate of drug-likeness (QED) is 0.737. The number of nitrogens with zero attached hydrogens (tertiary/aromatic N) is 4. The Hall–Kier alpha value is -2.64. The number of carbonyl (C=O) groups excluding carboxylic acids is 1. The summed E-state index contributed by atoms with van der Waals surface area (Å²) in [5.74, 6) is 0.701. The molecule has 0 aliphatic carbocycles. The Labute approximate surface area is 153 Å². The zero-order chi connectivity index (χ0) is 17.8. The molecule has 3 aromatic rings. The van der Waals surface area contributed by atoms with Crippen LogP contribution in [-0.4, -0.2) is 33.2 Å². The van der Waals surface area contributed by atoms with Crippen molar-refractivity contribution in [3.05, 3.63) is 52.5 Å². The van der Waals surface area contributed by atoms with Gasteiger partial charge in [-0.3, -0.25) is 4.79 Å². The SMILES string of the molecule is COc1cccc(-c2nnn(CC(=O)Nc3c(Cl)cccc3Cl)n2)c1. The predicted molar refractivity (Wildman–Crippen MR) is 94.9 cm³/mol. The summed E-state index contributed by atoms with van der Waals surface area (Å²) in [6, 6.07) is 12.2. The van der Waals surface area contributed by atoms with Crippen molar-refractivity contribution in [1.82, 2.24) is 20.2 Å². The zero-order valence-electron chi connectivity index (χ0n) is 13.1. The van der Waals surface area contributed by atoms with E-state index in [0.29, 0.717) is 27.3 Å². The Bertz CT molecular complexity index is 893. The molecular weight excluding hydrogens is 365 g/mol. The van der Waals surface area contributed by atoms with E-state index in [-0.39, 0.29) is 12.5 Å². The van der Waals surface area contributed by atoms with Gasteiger partial charge in [-0.15, -0.1) is 10.2 Å². The van der Waals surface area contributed by atoms with Gasteiger partial charge in [0.15, 0.2) is 0 Å². The molecule has 0 spiro atoms. The molecule has 1 N–H and O–H groups in total. The molecular formula is C16H13Cl2N5O2. The van der Waals surface area contributed by atoms with Gasteiger partial charge in [0.2, 0.25) is 11.7 Å². The number of hydrogen-bond donors (Lipinski definition) is 1. The first-order chi connectivity index (χ1) is 12.1. The van der Waals surface area contributed by atoms with Gasteiger partial charge in [-0.2, -0.15) is 4.80 Å². The molecule has 7 nitrogen and oxygen atoms in total. The molecule has 1 aromatic heterocycles. The number of tetrazole rings is 1. The van der Waals surface area contributed by atoms with Crippen LogP contribution in [0.1, 0.15) is 0 Å². The molecule has 25 heavy (non-hydrogen) atoms. The second-order valence-corrected chi connectivity index (χ2v) is 5.83. The molecule has 0 bridgehead atoms. The Balaban J connectivity index is 1.71. The average molecular weight is 378 g/mol. The number of methoxy groups -OCH3 is 1. The molecule has 2 aromatic carbocycles. The summed E-state index contributed by atoms with van der Waals surface area (Å²) in [4.78, 5) is 13.3. The molecule has 0 aliphatic heterocycles. The summed E-state index contributed by atoms with van der Waals surface area (Å²) in [6.07, 6.45) is 0. The van der Waals surface area contributed by atoms with Crippen LogP contribution in [0, 0.1) is 0 Å². The standard InChI is InChI=1S/C16H13Cl2N5O2/c1-25-11-5-2-4-10(8-11)16-20-22-23(21-16)9-14(24)19-15-12(17)6-3-7-13(15)18/h2-8H,9H2,1H3,(H,19,24). The average Bonchev–Trinajstić information content (AvgIpc) is 3.07. The van der Waals surface area contributed by atoms with Crippen LogP contribution in [0.15, 0.2) is 42.5 Å². The van der Waals surface area contributed by atoms with Crippen LogP contribution >= 0.6 is 23.2 Å². The fraction of sp³-hybridized carbons (Fsp3) is 0.125. The molecule has 0 unspecified atom stereocenters. The number of rotatable bonds is 5. The normalized spacial score (nSPS) is 10.5. The predicted octanol–water partition coefficient (Wildman–Crippen LogP) is 3.29. The minimum atomic E-state index is -0.371. The third kappa shape index (κ3) is 4.07. The molecule has 1 heterocycles. The third-order valence-electron chi connectivity index (χ3n) is 3.29. The molecule has 0 radical (unpaired) electrons. The highest BCUT2D eigenvalue weighted by molar-refractivity contribution is 6.39. The van der Waals surface area contributed by atoms with Gasteiger partial charge in [0, 0.05) is 5.56 Å². The Morgan fingerprint density at radius 1 is 1.20 bits per heavy atom. The lowest BCUT2D eigenvalue weighted by Crippen LogP contribution is -2.20. The highest BCUT2D eigenvalue weighted by Crippen LogP contribution is 2.29. The first kappa shape index (κ1) is 17.2. The van der Waals surface area contributed by atoms with E-state index in [9.17, 15) is 4.79 Å². The van der Waals surface area contributed by atoms with Crippen LogP contribution in [0.2, 0.25) is 10.0 Å². The number of amides is 1. The maximum atomic E-state index is 12.2. The van der Waals surface area contributed by atoms with Crippen LogP contribution in [0.3, 0.4) is 0 Å². The molecule has 0 aliphatic rings. The molecule has 9 heteroatoms. The van der Waals surface area contributed by atoms with Gasteiger partial charge in [0.1, 0.15) is 12.3 Å². The minimum absolute atomic E-state index is 0.126. The molecule has 0 atom stereocenters. The van der Waals surface area contributed by atoms with Crippen LogP contribution in [0.25, 0.3) is 11.4 Å². The largest absolute Gasteiger partial charge is 0.497 e. The number of para-hydroxylation sites is 1. The van der Waals surface area contributed by atoms with E-state index < -0.39 is 0 Å². The van der Waals surface area contributed by atoms with Crippen molar-refractivity contribution in [3.8, 4) is 17.1 Å². The maximum Gasteiger partial charge on any atom is 0.248 e. The zero-order valence-corrected chi connectivity index (χ0v) is 14.6. The highest BCUT2D eigenvalue weighted by atomic mass is 35.5. The van der Waals surface area contributed by atoms with Crippen molar-refractivity contribution < 1.29 is 9.53 Å². The number of anilines is 1. The number of benzene rings is 2.